The average molecular weight is 286 g/mol. The molecule has 1 rings (SSSR count). The normalized spacial score (nSPS) is 11.4. The second-order valence-electron chi connectivity index (χ2n) is 5.09. The molecule has 0 unspecified atom stereocenters. The first-order chi connectivity index (χ1) is 8.32. The van der Waals surface area contributed by atoms with Crippen LogP contribution in [0.2, 0.25) is 24.7 Å². The molecule has 0 aliphatic heterocycles. The van der Waals surface area contributed by atoms with Gasteiger partial charge in [0.05, 0.1) is 25.8 Å². The Kier molecular flexibility index (Phi) is 4.96. The van der Waals surface area contributed by atoms with E-state index in [0.717, 1.165) is 5.19 Å². The van der Waals surface area contributed by atoms with E-state index in [1.165, 1.54) is 12.2 Å². The molecule has 1 aromatic rings. The van der Waals surface area contributed by atoms with Crippen LogP contribution in [0, 0.1) is 0 Å². The number of hydroxylamine groups is 2. The molecule has 1 aromatic carbocycles. The van der Waals surface area contributed by atoms with Gasteiger partial charge in [0.25, 0.3) is 5.91 Å². The fourth-order valence-corrected chi connectivity index (χ4v) is 3.77. The van der Waals surface area contributed by atoms with Gasteiger partial charge in [-0.15, -0.1) is 0 Å². The van der Waals surface area contributed by atoms with Crippen LogP contribution in [0.3, 0.4) is 0 Å². The molecule has 0 aromatic heterocycles. The molecule has 100 valence electrons. The Morgan fingerprint density at radius 2 is 2.00 bits per heavy atom. The molecule has 0 heterocycles. The van der Waals surface area contributed by atoms with Gasteiger partial charge in [0.2, 0.25) is 0 Å². The maximum atomic E-state index is 12.4. The third-order valence-corrected chi connectivity index (χ3v) is 5.12. The predicted octanol–water partition coefficient (Wildman–Crippen LogP) is 2.91. The Morgan fingerprint density at radius 1 is 1.39 bits per heavy atom. The number of carbonyl (C=O) groups is 1. The van der Waals surface area contributed by atoms with E-state index in [9.17, 15) is 4.79 Å². The Bertz CT molecular complexity index is 439. The van der Waals surface area contributed by atoms with Crippen LogP contribution >= 0.6 is 11.6 Å². The molecule has 0 saturated heterocycles. The van der Waals surface area contributed by atoms with E-state index in [-0.39, 0.29) is 5.91 Å². The summed E-state index contributed by atoms with van der Waals surface area (Å²) in [5, 5.41) is 2.89. The first kappa shape index (κ1) is 15.2. The van der Waals surface area contributed by atoms with Crippen LogP contribution in [-0.2, 0) is 4.84 Å². The number of rotatable bonds is 4. The van der Waals surface area contributed by atoms with E-state index >= 15 is 0 Å². The van der Waals surface area contributed by atoms with E-state index in [0.29, 0.717) is 17.1 Å². The summed E-state index contributed by atoms with van der Waals surface area (Å²) in [4.78, 5) is 17.5. The van der Waals surface area contributed by atoms with Crippen molar-refractivity contribution < 1.29 is 9.63 Å². The summed E-state index contributed by atoms with van der Waals surface area (Å²) in [5.41, 5.74) is 0.585. The average Bonchev–Trinajstić information content (AvgIpc) is 2.28. The quantitative estimate of drug-likeness (QED) is 0.629. The van der Waals surface area contributed by atoms with Crippen LogP contribution in [0.15, 0.2) is 18.2 Å². The van der Waals surface area contributed by atoms with E-state index in [1.54, 1.807) is 6.07 Å². The van der Waals surface area contributed by atoms with Crippen molar-refractivity contribution in [2.75, 3.05) is 13.7 Å². The van der Waals surface area contributed by atoms with Gasteiger partial charge in [-0.2, -0.15) is 0 Å². The number of carbonyl (C=O) groups excluding carboxylic acids is 1. The van der Waals surface area contributed by atoms with Crippen molar-refractivity contribution in [1.82, 2.24) is 5.06 Å². The highest BCUT2D eigenvalue weighted by molar-refractivity contribution is 6.89. The summed E-state index contributed by atoms with van der Waals surface area (Å²) in [5.74, 6) is -0.164. The van der Waals surface area contributed by atoms with Crippen molar-refractivity contribution in [3.05, 3.63) is 28.8 Å². The van der Waals surface area contributed by atoms with Gasteiger partial charge in [-0.05, 0) is 18.2 Å². The Balaban J connectivity index is 3.35. The van der Waals surface area contributed by atoms with Crippen LogP contribution in [0.25, 0.3) is 0 Å². The lowest BCUT2D eigenvalue weighted by molar-refractivity contribution is -0.0914. The van der Waals surface area contributed by atoms with Crippen LogP contribution in [-0.4, -0.2) is 32.7 Å². The lowest BCUT2D eigenvalue weighted by atomic mass is 10.2. The smallest absolute Gasteiger partial charge is 0.274 e. The highest BCUT2D eigenvalue weighted by atomic mass is 35.5. The van der Waals surface area contributed by atoms with Gasteiger partial charge in [-0.3, -0.25) is 9.63 Å². The molecule has 0 fully saturated rings. The molecule has 3 nitrogen and oxygen atoms in total. The first-order valence-electron chi connectivity index (χ1n) is 5.97. The second kappa shape index (κ2) is 5.86. The number of hydrogen-bond donors (Lipinski definition) is 0. The molecule has 0 aliphatic carbocycles. The SMILES string of the molecule is CCN(OC)C(=O)c1c(Cl)cccc1[Si](C)(C)C. The van der Waals surface area contributed by atoms with Crippen LogP contribution in [0.5, 0.6) is 0 Å². The molecule has 18 heavy (non-hydrogen) atoms. The molecule has 0 spiro atoms. The first-order valence-corrected chi connectivity index (χ1v) is 9.85. The monoisotopic (exact) mass is 285 g/mol. The zero-order chi connectivity index (χ0) is 13.9. The summed E-state index contributed by atoms with van der Waals surface area (Å²) in [7, 11) is -0.138. The van der Waals surface area contributed by atoms with E-state index in [1.807, 2.05) is 19.1 Å². The molecule has 0 N–H and O–H groups in total. The maximum Gasteiger partial charge on any atom is 0.278 e. The number of benzene rings is 1. The summed E-state index contributed by atoms with van der Waals surface area (Å²) in [6, 6.07) is 5.65. The minimum absolute atomic E-state index is 0.164. The van der Waals surface area contributed by atoms with Crippen molar-refractivity contribution in [3.8, 4) is 0 Å². The van der Waals surface area contributed by atoms with Gasteiger partial charge in [-0.1, -0.05) is 43.4 Å². The molecule has 0 radical (unpaired) electrons. The van der Waals surface area contributed by atoms with Gasteiger partial charge < -0.3 is 0 Å². The van der Waals surface area contributed by atoms with Crippen molar-refractivity contribution in [1.29, 1.82) is 0 Å². The summed E-state index contributed by atoms with van der Waals surface area (Å²) >= 11 is 6.21. The van der Waals surface area contributed by atoms with Crippen molar-refractivity contribution in [3.63, 3.8) is 0 Å². The molecule has 0 atom stereocenters. The maximum absolute atomic E-state index is 12.4. The number of halogens is 1. The minimum Gasteiger partial charge on any atom is -0.274 e. The van der Waals surface area contributed by atoms with Gasteiger partial charge in [0.15, 0.2) is 0 Å². The third kappa shape index (κ3) is 3.13. The van der Waals surface area contributed by atoms with Gasteiger partial charge >= 0.3 is 0 Å². The number of hydrogen-bond acceptors (Lipinski definition) is 2. The Morgan fingerprint density at radius 3 is 2.44 bits per heavy atom. The van der Waals surface area contributed by atoms with E-state index < -0.39 is 8.07 Å². The van der Waals surface area contributed by atoms with Gasteiger partial charge in [0, 0.05) is 6.54 Å². The fraction of sp³-hybridized carbons (Fsp3) is 0.462. The molecule has 1 amide bonds. The standard InChI is InChI=1S/C13H20ClNO2Si/c1-6-15(17-2)13(16)12-10(14)8-7-9-11(12)18(3,4)5/h7-9H,6H2,1-5H3. The lowest BCUT2D eigenvalue weighted by Gasteiger charge is -2.24. The van der Waals surface area contributed by atoms with Gasteiger partial charge in [0.1, 0.15) is 0 Å². The van der Waals surface area contributed by atoms with Crippen LogP contribution in [0.1, 0.15) is 17.3 Å². The summed E-state index contributed by atoms with van der Waals surface area (Å²) < 4.78 is 0. The Labute approximate surface area is 115 Å². The minimum atomic E-state index is -1.63. The van der Waals surface area contributed by atoms with Gasteiger partial charge in [-0.25, -0.2) is 5.06 Å². The van der Waals surface area contributed by atoms with Crippen LogP contribution in [0.4, 0.5) is 0 Å². The molecule has 0 aliphatic rings. The zero-order valence-electron chi connectivity index (χ0n) is 11.6. The molecule has 0 bridgehead atoms. The molecule has 0 saturated carbocycles. The van der Waals surface area contributed by atoms with Crippen LogP contribution < -0.4 is 5.19 Å². The van der Waals surface area contributed by atoms with Crippen molar-refractivity contribution >= 4 is 30.8 Å². The molecular weight excluding hydrogens is 266 g/mol. The zero-order valence-corrected chi connectivity index (χ0v) is 13.3. The third-order valence-electron chi connectivity index (χ3n) is 2.77. The summed E-state index contributed by atoms with van der Waals surface area (Å²) in [6.45, 7) is 8.94. The van der Waals surface area contributed by atoms with E-state index in [2.05, 4.69) is 19.6 Å². The largest absolute Gasteiger partial charge is 0.278 e. The van der Waals surface area contributed by atoms with Crippen molar-refractivity contribution in [2.24, 2.45) is 0 Å². The van der Waals surface area contributed by atoms with Crippen molar-refractivity contribution in [2.45, 2.75) is 26.6 Å². The molecular formula is C13H20ClNO2Si. The molecule has 5 heteroatoms. The second-order valence-corrected chi connectivity index (χ2v) is 10.5. The predicted molar refractivity (Wildman–Crippen MR) is 78.2 cm³/mol. The fourth-order valence-electron chi connectivity index (χ4n) is 1.85. The highest BCUT2D eigenvalue weighted by Gasteiger charge is 2.27. The van der Waals surface area contributed by atoms with E-state index in [4.69, 9.17) is 16.4 Å². The Hall–Kier alpha value is -0.843. The lowest BCUT2D eigenvalue weighted by Crippen LogP contribution is -2.44. The number of nitrogens with zero attached hydrogens (tertiary/aromatic N) is 1. The number of amides is 1. The highest BCUT2D eigenvalue weighted by Crippen LogP contribution is 2.19. The summed E-state index contributed by atoms with van der Waals surface area (Å²) in [6.07, 6.45) is 0. The topological polar surface area (TPSA) is 29.5 Å².